The molecular weight excluding hydrogens is 320 g/mol. The van der Waals surface area contributed by atoms with Crippen molar-refractivity contribution in [3.05, 3.63) is 29.5 Å². The van der Waals surface area contributed by atoms with Crippen molar-refractivity contribution in [3.63, 3.8) is 0 Å². The minimum absolute atomic E-state index is 0.0324. The Labute approximate surface area is 148 Å². The fourth-order valence-electron chi connectivity index (χ4n) is 2.91. The predicted molar refractivity (Wildman–Crippen MR) is 98.0 cm³/mol. The molecule has 1 aromatic carbocycles. The van der Waals surface area contributed by atoms with Gasteiger partial charge < -0.3 is 24.9 Å². The van der Waals surface area contributed by atoms with E-state index in [0.29, 0.717) is 6.42 Å². The normalized spacial score (nSPS) is 14.8. The van der Waals surface area contributed by atoms with Gasteiger partial charge in [0.1, 0.15) is 17.1 Å². The number of urea groups is 1. The zero-order valence-corrected chi connectivity index (χ0v) is 15.6. The molecule has 3 N–H and O–H groups in total. The second-order valence-corrected chi connectivity index (χ2v) is 6.66. The summed E-state index contributed by atoms with van der Waals surface area (Å²) < 4.78 is 11.2. The van der Waals surface area contributed by atoms with E-state index in [-0.39, 0.29) is 18.7 Å². The Kier molecular flexibility index (Phi) is 5.95. The lowest BCUT2D eigenvalue weighted by molar-refractivity contribution is 0.198. The van der Waals surface area contributed by atoms with Gasteiger partial charge in [0.15, 0.2) is 0 Å². The van der Waals surface area contributed by atoms with Crippen LogP contribution in [0.25, 0.3) is 11.0 Å². The van der Waals surface area contributed by atoms with E-state index in [1.54, 1.807) is 7.11 Å². The summed E-state index contributed by atoms with van der Waals surface area (Å²) in [6, 6.07) is 5.09. The zero-order chi connectivity index (χ0) is 18.6. The maximum absolute atomic E-state index is 12.3. The van der Waals surface area contributed by atoms with Crippen molar-refractivity contribution in [2.45, 2.75) is 52.1 Å². The van der Waals surface area contributed by atoms with Crippen LogP contribution >= 0.6 is 0 Å². The molecule has 138 valence electrons. The van der Waals surface area contributed by atoms with Crippen LogP contribution < -0.4 is 15.4 Å². The smallest absolute Gasteiger partial charge is 0.315 e. The molecule has 1 heterocycles. The van der Waals surface area contributed by atoms with Crippen molar-refractivity contribution in [1.29, 1.82) is 0 Å². The standard InChI is InChI=1S/C19H28N2O4/c1-6-19(4,9-10-22)21-18(23)20-13(3)17-12(2)15-11-14(24-5)7-8-16(15)25-17/h7-8,11,13,22H,6,9-10H2,1-5H3,(H2,20,21,23). The number of nitrogens with one attached hydrogen (secondary N) is 2. The van der Waals surface area contributed by atoms with E-state index in [0.717, 1.165) is 34.5 Å². The number of fused-ring (bicyclic) bond motifs is 1. The van der Waals surface area contributed by atoms with Crippen LogP contribution in [0.2, 0.25) is 0 Å². The first-order chi connectivity index (χ1) is 11.8. The molecule has 1 aromatic heterocycles. The first kappa shape index (κ1) is 19.1. The Morgan fingerprint density at radius 2 is 2.16 bits per heavy atom. The summed E-state index contributed by atoms with van der Waals surface area (Å²) in [5.74, 6) is 1.49. The molecule has 2 rings (SSSR count). The predicted octanol–water partition coefficient (Wildman–Crippen LogP) is 3.66. The minimum atomic E-state index is -0.436. The van der Waals surface area contributed by atoms with Crippen molar-refractivity contribution < 1.29 is 19.1 Å². The van der Waals surface area contributed by atoms with Crippen LogP contribution in [0.1, 0.15) is 51.0 Å². The molecule has 0 aliphatic carbocycles. The minimum Gasteiger partial charge on any atom is -0.497 e. The number of carbonyl (C=O) groups is 1. The lowest BCUT2D eigenvalue weighted by atomic mass is 9.95. The largest absolute Gasteiger partial charge is 0.497 e. The van der Waals surface area contributed by atoms with Crippen molar-refractivity contribution in [2.24, 2.45) is 0 Å². The number of carbonyl (C=O) groups excluding carboxylic acids is 1. The van der Waals surface area contributed by atoms with Gasteiger partial charge in [0.2, 0.25) is 0 Å². The summed E-state index contributed by atoms with van der Waals surface area (Å²) in [4.78, 5) is 12.3. The summed E-state index contributed by atoms with van der Waals surface area (Å²) >= 11 is 0. The lowest BCUT2D eigenvalue weighted by Crippen LogP contribution is -2.50. The third-order valence-corrected chi connectivity index (χ3v) is 4.78. The fourth-order valence-corrected chi connectivity index (χ4v) is 2.91. The number of benzene rings is 1. The molecule has 2 amide bonds. The Balaban J connectivity index is 2.15. The molecule has 0 aliphatic rings. The molecule has 6 nitrogen and oxygen atoms in total. The Hall–Kier alpha value is -2.21. The molecule has 0 spiro atoms. The highest BCUT2D eigenvalue weighted by Crippen LogP contribution is 2.31. The molecule has 0 radical (unpaired) electrons. The molecular formula is C19H28N2O4. The monoisotopic (exact) mass is 348 g/mol. The molecule has 2 aromatic rings. The quantitative estimate of drug-likeness (QED) is 0.713. The zero-order valence-electron chi connectivity index (χ0n) is 15.6. The van der Waals surface area contributed by atoms with Gasteiger partial charge in [-0.2, -0.15) is 0 Å². The van der Waals surface area contributed by atoms with E-state index in [1.165, 1.54) is 0 Å². The number of hydrogen-bond acceptors (Lipinski definition) is 4. The number of amides is 2. The van der Waals surface area contributed by atoms with Gasteiger partial charge in [0, 0.05) is 23.1 Å². The molecule has 6 heteroatoms. The summed E-state index contributed by atoms with van der Waals surface area (Å²) in [5.41, 5.74) is 1.31. The van der Waals surface area contributed by atoms with Gasteiger partial charge in [-0.1, -0.05) is 6.92 Å². The second kappa shape index (κ2) is 7.78. The molecule has 2 unspecified atom stereocenters. The van der Waals surface area contributed by atoms with Gasteiger partial charge in [-0.05, 0) is 51.8 Å². The lowest BCUT2D eigenvalue weighted by Gasteiger charge is -2.29. The van der Waals surface area contributed by atoms with E-state index in [4.69, 9.17) is 14.3 Å². The van der Waals surface area contributed by atoms with Gasteiger partial charge in [0.25, 0.3) is 0 Å². The molecule has 0 saturated carbocycles. The average Bonchev–Trinajstić information content (AvgIpc) is 2.91. The summed E-state index contributed by atoms with van der Waals surface area (Å²) in [7, 11) is 1.63. The second-order valence-electron chi connectivity index (χ2n) is 6.66. The molecule has 0 aliphatic heterocycles. The number of methoxy groups -OCH3 is 1. The van der Waals surface area contributed by atoms with Crippen molar-refractivity contribution in [2.75, 3.05) is 13.7 Å². The Morgan fingerprint density at radius 3 is 2.76 bits per heavy atom. The van der Waals surface area contributed by atoms with Crippen molar-refractivity contribution in [3.8, 4) is 5.75 Å². The summed E-state index contributed by atoms with van der Waals surface area (Å²) in [6.07, 6.45) is 1.24. The third kappa shape index (κ3) is 4.25. The highest BCUT2D eigenvalue weighted by Gasteiger charge is 2.25. The van der Waals surface area contributed by atoms with Gasteiger partial charge >= 0.3 is 6.03 Å². The Morgan fingerprint density at radius 1 is 1.44 bits per heavy atom. The highest BCUT2D eigenvalue weighted by molar-refractivity contribution is 5.84. The van der Waals surface area contributed by atoms with Crippen LogP contribution in [0.4, 0.5) is 4.79 Å². The van der Waals surface area contributed by atoms with Gasteiger partial charge in [0.05, 0.1) is 13.2 Å². The number of aryl methyl sites for hydroxylation is 1. The number of rotatable bonds is 7. The van der Waals surface area contributed by atoms with Gasteiger partial charge in [-0.3, -0.25) is 0 Å². The topological polar surface area (TPSA) is 83.7 Å². The van der Waals surface area contributed by atoms with Crippen LogP contribution in [-0.2, 0) is 0 Å². The maximum atomic E-state index is 12.3. The highest BCUT2D eigenvalue weighted by atomic mass is 16.5. The van der Waals surface area contributed by atoms with Crippen LogP contribution in [0, 0.1) is 6.92 Å². The molecule has 2 atom stereocenters. The van der Waals surface area contributed by atoms with Crippen molar-refractivity contribution in [1.82, 2.24) is 10.6 Å². The molecule has 25 heavy (non-hydrogen) atoms. The number of aliphatic hydroxyl groups excluding tert-OH is 1. The van der Waals surface area contributed by atoms with E-state index < -0.39 is 5.54 Å². The van der Waals surface area contributed by atoms with E-state index in [2.05, 4.69) is 10.6 Å². The molecule has 0 saturated heterocycles. The Bertz CT molecular complexity index is 740. The summed E-state index contributed by atoms with van der Waals surface area (Å²) in [5, 5.41) is 16.0. The van der Waals surface area contributed by atoms with Crippen LogP contribution in [-0.4, -0.2) is 30.4 Å². The number of hydrogen-bond donors (Lipinski definition) is 3. The fraction of sp³-hybridized carbons (Fsp3) is 0.526. The third-order valence-electron chi connectivity index (χ3n) is 4.78. The van der Waals surface area contributed by atoms with E-state index in [1.807, 2.05) is 45.9 Å². The first-order valence-corrected chi connectivity index (χ1v) is 8.60. The van der Waals surface area contributed by atoms with Gasteiger partial charge in [-0.25, -0.2) is 4.79 Å². The number of ether oxygens (including phenoxy) is 1. The van der Waals surface area contributed by atoms with Crippen LogP contribution in [0.15, 0.2) is 22.6 Å². The molecule has 0 bridgehead atoms. The SMILES string of the molecule is CCC(C)(CCO)NC(=O)NC(C)c1oc2ccc(OC)cc2c1C. The number of furan rings is 1. The van der Waals surface area contributed by atoms with Crippen LogP contribution in [0.5, 0.6) is 5.75 Å². The maximum Gasteiger partial charge on any atom is 0.315 e. The van der Waals surface area contributed by atoms with Gasteiger partial charge in [-0.15, -0.1) is 0 Å². The van der Waals surface area contributed by atoms with Crippen molar-refractivity contribution >= 4 is 17.0 Å². The first-order valence-electron chi connectivity index (χ1n) is 8.60. The van der Waals surface area contributed by atoms with E-state index >= 15 is 0 Å². The van der Waals surface area contributed by atoms with E-state index in [9.17, 15) is 4.79 Å². The number of aliphatic hydroxyl groups is 1. The van der Waals surface area contributed by atoms with Crippen LogP contribution in [0.3, 0.4) is 0 Å². The molecule has 0 fully saturated rings. The average molecular weight is 348 g/mol. The summed E-state index contributed by atoms with van der Waals surface area (Å²) in [6.45, 7) is 7.79.